The fourth-order valence-electron chi connectivity index (χ4n) is 7.60. The third-order valence-corrected chi connectivity index (χ3v) is 10.4. The molecule has 4 fully saturated rings. The van der Waals surface area contributed by atoms with Crippen LogP contribution in [0.2, 0.25) is 0 Å². The van der Waals surface area contributed by atoms with Gasteiger partial charge in [-0.25, -0.2) is 9.59 Å². The summed E-state index contributed by atoms with van der Waals surface area (Å²) in [5.74, 6) is -1.55. The fraction of sp³-hybridized carbons (Fsp3) is 0.848. The van der Waals surface area contributed by atoms with Crippen LogP contribution in [0.4, 0.5) is 4.79 Å². The molecule has 12 nitrogen and oxygen atoms in total. The zero-order chi connectivity index (χ0) is 32.4. The number of hydrogen-bond donors (Lipinski definition) is 4. The van der Waals surface area contributed by atoms with E-state index in [9.17, 15) is 29.1 Å². The van der Waals surface area contributed by atoms with Crippen molar-refractivity contribution in [2.24, 2.45) is 11.8 Å². The molecule has 0 aromatic carbocycles. The molecule has 0 spiro atoms. The summed E-state index contributed by atoms with van der Waals surface area (Å²) >= 11 is 0. The van der Waals surface area contributed by atoms with E-state index in [2.05, 4.69) is 22.9 Å². The van der Waals surface area contributed by atoms with E-state index in [1.165, 1.54) is 17.7 Å². The van der Waals surface area contributed by atoms with Gasteiger partial charge in [0.1, 0.15) is 11.6 Å². The van der Waals surface area contributed by atoms with Crippen molar-refractivity contribution in [3.05, 3.63) is 0 Å². The first kappa shape index (κ1) is 35.0. The molecule has 12 heteroatoms. The number of amides is 5. The second-order valence-electron chi connectivity index (χ2n) is 13.9. The number of likely N-dealkylation sites (tertiary alicyclic amines) is 1. The summed E-state index contributed by atoms with van der Waals surface area (Å²) in [6, 6.07) is -1.40. The summed E-state index contributed by atoms with van der Waals surface area (Å²) in [5.41, 5.74) is -1.24. The maximum atomic E-state index is 13.3. The topological polar surface area (TPSA) is 151 Å². The number of carboxylic acids is 1. The van der Waals surface area contributed by atoms with E-state index < -0.39 is 29.5 Å². The number of nitrogens with zero attached hydrogens (tertiary/aromatic N) is 3. The summed E-state index contributed by atoms with van der Waals surface area (Å²) in [6.07, 6.45) is 14.0. The lowest BCUT2D eigenvalue weighted by atomic mass is 9.83. The van der Waals surface area contributed by atoms with Gasteiger partial charge in [-0.1, -0.05) is 58.3 Å². The Morgan fingerprint density at radius 1 is 0.956 bits per heavy atom. The number of carboxylic acid groups (broad SMARTS) is 1. The first-order valence-corrected chi connectivity index (χ1v) is 17.5. The van der Waals surface area contributed by atoms with E-state index in [4.69, 9.17) is 0 Å². The first-order chi connectivity index (χ1) is 21.6. The Balaban J connectivity index is 1.28. The van der Waals surface area contributed by atoms with E-state index in [0.29, 0.717) is 45.4 Å². The van der Waals surface area contributed by atoms with E-state index >= 15 is 0 Å². The highest BCUT2D eigenvalue weighted by Gasteiger charge is 2.61. The predicted octanol–water partition coefficient (Wildman–Crippen LogP) is 2.71. The zero-order valence-electron chi connectivity index (χ0n) is 27.5. The Morgan fingerprint density at radius 2 is 1.71 bits per heavy atom. The summed E-state index contributed by atoms with van der Waals surface area (Å²) in [4.78, 5) is 70.0. The van der Waals surface area contributed by atoms with Crippen molar-refractivity contribution < 1.29 is 29.1 Å². The minimum atomic E-state index is -1.24. The molecule has 4 N–H and O–H groups in total. The Bertz CT molecular complexity index is 1050. The Morgan fingerprint density at radius 3 is 2.44 bits per heavy atom. The summed E-state index contributed by atoms with van der Waals surface area (Å²) in [7, 11) is 1.95. The van der Waals surface area contributed by atoms with Crippen LogP contribution in [0, 0.1) is 11.8 Å². The molecular formula is C33H56N6O6. The molecule has 2 heterocycles. The summed E-state index contributed by atoms with van der Waals surface area (Å²) in [6.45, 7) is 4.63. The van der Waals surface area contributed by atoms with Gasteiger partial charge in [-0.2, -0.15) is 0 Å². The highest BCUT2D eigenvalue weighted by atomic mass is 16.4. The van der Waals surface area contributed by atoms with Crippen LogP contribution < -0.4 is 16.0 Å². The number of aliphatic carboxylic acids is 1. The number of hydrogen-bond acceptors (Lipinski definition) is 6. The molecule has 5 amide bonds. The van der Waals surface area contributed by atoms with Gasteiger partial charge in [0.05, 0.1) is 19.1 Å². The second-order valence-corrected chi connectivity index (χ2v) is 13.9. The van der Waals surface area contributed by atoms with Gasteiger partial charge < -0.3 is 30.9 Å². The van der Waals surface area contributed by atoms with Crippen molar-refractivity contribution in [2.45, 2.75) is 121 Å². The number of carbonyl (C=O) groups is 5. The molecule has 4 aliphatic rings. The van der Waals surface area contributed by atoms with Gasteiger partial charge in [0.2, 0.25) is 17.7 Å². The molecule has 4 atom stereocenters. The van der Waals surface area contributed by atoms with Crippen LogP contribution in [0.5, 0.6) is 0 Å². The number of nitrogens with one attached hydrogen (secondary N) is 3. The average molecular weight is 633 g/mol. The van der Waals surface area contributed by atoms with Gasteiger partial charge >= 0.3 is 12.0 Å². The molecule has 4 rings (SSSR count). The predicted molar refractivity (Wildman–Crippen MR) is 170 cm³/mol. The molecule has 2 aliphatic heterocycles. The molecule has 2 saturated heterocycles. The molecular weight excluding hydrogens is 576 g/mol. The lowest BCUT2D eigenvalue weighted by molar-refractivity contribution is -0.145. The fourth-order valence-corrected chi connectivity index (χ4v) is 7.60. The number of urea groups is 1. The van der Waals surface area contributed by atoms with Gasteiger partial charge in [0.15, 0.2) is 0 Å². The Labute approximate surface area is 268 Å². The molecule has 0 bridgehead atoms. The number of rotatable bonds is 15. The Kier molecular flexibility index (Phi) is 12.9. The third-order valence-electron chi connectivity index (χ3n) is 10.4. The standard InChI is InChI=1S/C33H56N6O6/c1-3-4-5-6-10-15-25-20-33(25,31(43)44)36-30(42)27-16-11-19-39(27)28(40)21-34-32(45)35-26(24-13-8-7-9-14-24)22-38-18-12-17-37(2)23-29(38)41/h24-27H,3-23H2,1-2H3,(H,36,42)(H,43,44)(H2,34,35,45)/t25?,26?,27-,33+/m0/s1. The number of unbranched alkanes of at least 4 members (excludes halogenated alkanes) is 4. The smallest absolute Gasteiger partial charge is 0.329 e. The lowest BCUT2D eigenvalue weighted by Gasteiger charge is -2.34. The van der Waals surface area contributed by atoms with E-state index in [1.807, 2.05) is 16.8 Å². The monoisotopic (exact) mass is 632 g/mol. The van der Waals surface area contributed by atoms with Gasteiger partial charge in [-0.15, -0.1) is 0 Å². The van der Waals surface area contributed by atoms with E-state index in [-0.39, 0.29) is 36.2 Å². The highest BCUT2D eigenvalue weighted by Crippen LogP contribution is 2.47. The van der Waals surface area contributed by atoms with E-state index in [1.54, 1.807) is 0 Å². The van der Waals surface area contributed by atoms with Crippen LogP contribution in [-0.2, 0) is 19.2 Å². The summed E-state index contributed by atoms with van der Waals surface area (Å²) < 4.78 is 0. The zero-order valence-corrected chi connectivity index (χ0v) is 27.5. The summed E-state index contributed by atoms with van der Waals surface area (Å²) in [5, 5.41) is 18.5. The second kappa shape index (κ2) is 16.6. The SMILES string of the molecule is CCCCCCCC1C[C@]1(NC(=O)[C@@H]1CCCN1C(=O)CNC(=O)NC(CN1CCCN(C)CC1=O)C1CCCCC1)C(=O)O. The third kappa shape index (κ3) is 9.56. The van der Waals surface area contributed by atoms with Crippen LogP contribution in [0.1, 0.15) is 103 Å². The van der Waals surface area contributed by atoms with Crippen molar-refractivity contribution in [2.75, 3.05) is 46.3 Å². The lowest BCUT2D eigenvalue weighted by Crippen LogP contribution is -2.56. The number of carbonyl (C=O) groups excluding carboxylic acids is 4. The molecule has 254 valence electrons. The molecule has 2 saturated carbocycles. The van der Waals surface area contributed by atoms with Crippen LogP contribution in [0.25, 0.3) is 0 Å². The first-order valence-electron chi connectivity index (χ1n) is 17.5. The molecule has 0 radical (unpaired) electrons. The van der Waals surface area contributed by atoms with Crippen molar-refractivity contribution in [3.63, 3.8) is 0 Å². The van der Waals surface area contributed by atoms with Crippen LogP contribution in [0.15, 0.2) is 0 Å². The van der Waals surface area contributed by atoms with Crippen LogP contribution in [0.3, 0.4) is 0 Å². The molecule has 0 aromatic heterocycles. The maximum Gasteiger partial charge on any atom is 0.329 e. The molecule has 0 aromatic rings. The van der Waals surface area contributed by atoms with Crippen molar-refractivity contribution in [1.29, 1.82) is 0 Å². The molecule has 2 aliphatic carbocycles. The van der Waals surface area contributed by atoms with Gasteiger partial charge in [-0.3, -0.25) is 19.3 Å². The van der Waals surface area contributed by atoms with E-state index in [0.717, 1.165) is 70.8 Å². The quantitative estimate of drug-likeness (QED) is 0.203. The van der Waals surface area contributed by atoms with Crippen molar-refractivity contribution in [1.82, 2.24) is 30.7 Å². The highest BCUT2D eigenvalue weighted by molar-refractivity contribution is 5.95. The van der Waals surface area contributed by atoms with Crippen LogP contribution in [-0.4, -0.2) is 113 Å². The van der Waals surface area contributed by atoms with Gasteiger partial charge in [0, 0.05) is 26.2 Å². The minimum Gasteiger partial charge on any atom is -0.479 e. The van der Waals surface area contributed by atoms with Gasteiger partial charge in [0.25, 0.3) is 0 Å². The Hall–Kier alpha value is -2.89. The van der Waals surface area contributed by atoms with Gasteiger partial charge in [-0.05, 0) is 63.8 Å². The normalized spacial score (nSPS) is 26.7. The largest absolute Gasteiger partial charge is 0.479 e. The number of likely N-dealkylation sites (N-methyl/N-ethyl adjacent to an activating group) is 1. The minimum absolute atomic E-state index is 0.0701. The van der Waals surface area contributed by atoms with Crippen LogP contribution >= 0.6 is 0 Å². The van der Waals surface area contributed by atoms with Crippen molar-refractivity contribution in [3.8, 4) is 0 Å². The maximum absolute atomic E-state index is 13.3. The molecule has 2 unspecified atom stereocenters. The molecule has 45 heavy (non-hydrogen) atoms. The van der Waals surface area contributed by atoms with Crippen molar-refractivity contribution >= 4 is 29.7 Å². The average Bonchev–Trinajstić information content (AvgIpc) is 3.54.